The predicted octanol–water partition coefficient (Wildman–Crippen LogP) is 4.24. The molecule has 1 aromatic carbocycles. The van der Waals surface area contributed by atoms with Crippen LogP contribution in [-0.2, 0) is 4.79 Å². The van der Waals surface area contributed by atoms with Crippen molar-refractivity contribution in [3.8, 4) is 10.7 Å². The average Bonchev–Trinajstić information content (AvgIpc) is 3.48. The van der Waals surface area contributed by atoms with Crippen molar-refractivity contribution in [2.45, 2.75) is 13.0 Å². The number of rotatable bonds is 5. The van der Waals surface area contributed by atoms with Crippen molar-refractivity contribution in [2.24, 2.45) is 0 Å². The Morgan fingerprint density at radius 3 is 2.73 bits per heavy atom. The number of hydrogen-bond acceptors (Lipinski definition) is 8. The van der Waals surface area contributed by atoms with E-state index in [9.17, 15) is 14.9 Å². The van der Waals surface area contributed by atoms with Gasteiger partial charge in [0.1, 0.15) is 11.9 Å². The normalized spacial score (nSPS) is 15.0. The molecule has 1 aliphatic rings. The Hall–Kier alpha value is -4.38. The van der Waals surface area contributed by atoms with Gasteiger partial charge in [0, 0.05) is 18.0 Å². The highest BCUT2D eigenvalue weighted by atomic mass is 32.1. The number of nitrogens with zero attached hydrogens (tertiary/aromatic N) is 5. The number of benzene rings is 1. The van der Waals surface area contributed by atoms with Crippen LogP contribution in [0.25, 0.3) is 10.7 Å². The molecule has 11 heteroatoms. The average molecular weight is 459 g/mol. The molecule has 1 amide bonds. The van der Waals surface area contributed by atoms with Crippen LogP contribution in [0.5, 0.6) is 0 Å². The summed E-state index contributed by atoms with van der Waals surface area (Å²) in [6.07, 6.45) is 1.57. The minimum atomic E-state index is -0.868. The molecule has 33 heavy (non-hydrogen) atoms. The van der Waals surface area contributed by atoms with E-state index >= 15 is 0 Å². The number of thiophene rings is 1. The molecular formula is C22H17N7O3S. The predicted molar refractivity (Wildman–Crippen MR) is 124 cm³/mol. The van der Waals surface area contributed by atoms with Crippen LogP contribution in [0.3, 0.4) is 0 Å². The van der Waals surface area contributed by atoms with E-state index in [-0.39, 0.29) is 11.3 Å². The van der Waals surface area contributed by atoms with Crippen LogP contribution >= 0.6 is 11.3 Å². The molecule has 4 aromatic rings. The summed E-state index contributed by atoms with van der Waals surface area (Å²) in [6, 6.07) is 14.4. The third-order valence-corrected chi connectivity index (χ3v) is 6.04. The lowest BCUT2D eigenvalue weighted by atomic mass is 9.94. The molecule has 0 fully saturated rings. The number of aromatic nitrogens is 4. The summed E-state index contributed by atoms with van der Waals surface area (Å²) < 4.78 is 1.53. The Bertz CT molecular complexity index is 1380. The first kappa shape index (κ1) is 20.5. The Labute approximate surface area is 191 Å². The molecule has 3 aromatic heterocycles. The first-order valence-corrected chi connectivity index (χ1v) is 10.8. The first-order chi connectivity index (χ1) is 16.0. The summed E-state index contributed by atoms with van der Waals surface area (Å²) >= 11 is 1.48. The molecule has 0 radical (unpaired) electrons. The molecule has 1 aliphatic heterocycles. The molecule has 0 saturated heterocycles. The van der Waals surface area contributed by atoms with Crippen molar-refractivity contribution in [3.05, 3.63) is 93.1 Å². The molecule has 0 saturated carbocycles. The molecule has 4 heterocycles. The van der Waals surface area contributed by atoms with Gasteiger partial charge in [0.25, 0.3) is 11.6 Å². The Kier molecular flexibility index (Phi) is 5.15. The summed E-state index contributed by atoms with van der Waals surface area (Å²) in [5.41, 5.74) is 1.02. The Morgan fingerprint density at radius 1 is 1.18 bits per heavy atom. The summed E-state index contributed by atoms with van der Waals surface area (Å²) in [4.78, 5) is 34.4. The largest absolute Gasteiger partial charge is 0.328 e. The molecule has 5 rings (SSSR count). The maximum atomic E-state index is 13.4. The van der Waals surface area contributed by atoms with Crippen LogP contribution in [0.1, 0.15) is 18.5 Å². The summed E-state index contributed by atoms with van der Waals surface area (Å²) in [5.74, 6) is 0.789. The second-order valence-corrected chi connectivity index (χ2v) is 8.18. The van der Waals surface area contributed by atoms with Crippen LogP contribution in [0.2, 0.25) is 0 Å². The maximum absolute atomic E-state index is 13.4. The van der Waals surface area contributed by atoms with Gasteiger partial charge < -0.3 is 10.6 Å². The van der Waals surface area contributed by atoms with Crippen LogP contribution < -0.4 is 10.6 Å². The number of pyridine rings is 1. The number of anilines is 2. The SMILES string of the molecule is CC1=C(C(=O)Nc2ccccn2)C(c2ccccc2[N+](=O)[O-])n2nc(-c3cccs3)nc2N1. The lowest BCUT2D eigenvalue weighted by Crippen LogP contribution is -2.32. The Morgan fingerprint density at radius 2 is 2.00 bits per heavy atom. The number of carbonyl (C=O) groups excluding carboxylic acids is 1. The van der Waals surface area contributed by atoms with Gasteiger partial charge in [-0.3, -0.25) is 14.9 Å². The zero-order chi connectivity index (χ0) is 22.9. The molecular weight excluding hydrogens is 442 g/mol. The minimum absolute atomic E-state index is 0.112. The van der Waals surface area contributed by atoms with E-state index in [1.807, 2.05) is 17.5 Å². The van der Waals surface area contributed by atoms with Gasteiger partial charge in [-0.2, -0.15) is 4.98 Å². The molecule has 1 atom stereocenters. The molecule has 164 valence electrons. The van der Waals surface area contributed by atoms with Crippen molar-refractivity contribution < 1.29 is 9.72 Å². The number of fused-ring (bicyclic) bond motifs is 1. The quantitative estimate of drug-likeness (QED) is 0.337. The number of para-hydroxylation sites is 1. The van der Waals surface area contributed by atoms with E-state index in [1.54, 1.807) is 49.5 Å². The number of hydrogen-bond donors (Lipinski definition) is 2. The molecule has 10 nitrogen and oxygen atoms in total. The number of nitro groups is 1. The fourth-order valence-electron chi connectivity index (χ4n) is 3.75. The van der Waals surface area contributed by atoms with E-state index in [0.717, 1.165) is 4.88 Å². The highest BCUT2D eigenvalue weighted by molar-refractivity contribution is 7.13. The molecule has 1 unspecified atom stereocenters. The Balaban J connectivity index is 1.66. The second-order valence-electron chi connectivity index (χ2n) is 7.23. The lowest BCUT2D eigenvalue weighted by molar-refractivity contribution is -0.385. The van der Waals surface area contributed by atoms with Crippen molar-refractivity contribution in [2.75, 3.05) is 10.6 Å². The van der Waals surface area contributed by atoms with Gasteiger partial charge in [-0.1, -0.05) is 24.3 Å². The van der Waals surface area contributed by atoms with Crippen LogP contribution in [0, 0.1) is 10.1 Å². The zero-order valence-corrected chi connectivity index (χ0v) is 18.1. The van der Waals surface area contributed by atoms with E-state index < -0.39 is 16.9 Å². The lowest BCUT2D eigenvalue weighted by Gasteiger charge is -2.28. The van der Waals surface area contributed by atoms with E-state index in [1.165, 1.54) is 22.1 Å². The topological polar surface area (TPSA) is 128 Å². The van der Waals surface area contributed by atoms with Crippen molar-refractivity contribution in [1.82, 2.24) is 19.7 Å². The number of amides is 1. The maximum Gasteiger partial charge on any atom is 0.275 e. The van der Waals surface area contributed by atoms with Gasteiger partial charge in [0.05, 0.1) is 20.9 Å². The van der Waals surface area contributed by atoms with E-state index in [0.29, 0.717) is 28.9 Å². The summed E-state index contributed by atoms with van der Waals surface area (Å²) in [7, 11) is 0. The monoisotopic (exact) mass is 459 g/mol. The van der Waals surface area contributed by atoms with Gasteiger partial charge in [-0.05, 0) is 36.6 Å². The number of nitrogens with one attached hydrogen (secondary N) is 2. The van der Waals surface area contributed by atoms with Gasteiger partial charge in [0.15, 0.2) is 5.82 Å². The smallest absolute Gasteiger partial charge is 0.275 e. The highest BCUT2D eigenvalue weighted by Gasteiger charge is 2.38. The standard InChI is InChI=1S/C22H17N7O3S/c1-13-18(21(30)25-17-10-4-5-11-23-17)19(14-7-2-3-8-15(14)29(31)32)28-22(24-13)26-20(27-28)16-9-6-12-33-16/h2-12,19H,1H3,(H,23,25,30)(H,24,26,27). The third kappa shape index (κ3) is 3.74. The molecule has 2 N–H and O–H groups in total. The van der Waals surface area contributed by atoms with Crippen LogP contribution in [0.15, 0.2) is 77.4 Å². The van der Waals surface area contributed by atoms with Gasteiger partial charge in [-0.25, -0.2) is 9.67 Å². The number of carbonyl (C=O) groups is 1. The molecule has 0 aliphatic carbocycles. The summed E-state index contributed by atoms with van der Waals surface area (Å²) in [6.45, 7) is 1.73. The highest BCUT2D eigenvalue weighted by Crippen LogP contribution is 2.40. The molecule has 0 spiro atoms. The van der Waals surface area contributed by atoms with Crippen molar-refractivity contribution >= 4 is 34.7 Å². The zero-order valence-electron chi connectivity index (χ0n) is 17.3. The first-order valence-electron chi connectivity index (χ1n) is 9.97. The van der Waals surface area contributed by atoms with Gasteiger partial charge >= 0.3 is 0 Å². The fourth-order valence-corrected chi connectivity index (χ4v) is 4.40. The molecule has 0 bridgehead atoms. The van der Waals surface area contributed by atoms with Crippen molar-refractivity contribution in [3.63, 3.8) is 0 Å². The third-order valence-electron chi connectivity index (χ3n) is 5.17. The van der Waals surface area contributed by atoms with Crippen LogP contribution in [-0.4, -0.2) is 30.6 Å². The van der Waals surface area contributed by atoms with Crippen LogP contribution in [0.4, 0.5) is 17.5 Å². The minimum Gasteiger partial charge on any atom is -0.328 e. The second kappa shape index (κ2) is 8.28. The van der Waals surface area contributed by atoms with Gasteiger partial charge in [-0.15, -0.1) is 16.4 Å². The van der Waals surface area contributed by atoms with E-state index in [2.05, 4.69) is 25.7 Å². The van der Waals surface area contributed by atoms with E-state index in [4.69, 9.17) is 0 Å². The summed E-state index contributed by atoms with van der Waals surface area (Å²) in [5, 5.41) is 24.3. The number of nitro benzene ring substituents is 1. The fraction of sp³-hybridized carbons (Fsp3) is 0.0909. The van der Waals surface area contributed by atoms with Gasteiger partial charge in [0.2, 0.25) is 5.95 Å². The number of allylic oxidation sites excluding steroid dienone is 1. The van der Waals surface area contributed by atoms with Crippen molar-refractivity contribution in [1.29, 1.82) is 0 Å².